The minimum atomic E-state index is -0.474. The van der Waals surface area contributed by atoms with Crippen LogP contribution < -0.4 is 14.8 Å². The van der Waals surface area contributed by atoms with E-state index in [-0.39, 0.29) is 6.79 Å². The van der Waals surface area contributed by atoms with Crippen LogP contribution in [-0.4, -0.2) is 29.8 Å². The minimum Gasteiger partial charge on any atom is -0.465 e. The highest BCUT2D eigenvalue weighted by molar-refractivity contribution is 6.05. The number of aryl methyl sites for hydroxylation is 1. The third-order valence-electron chi connectivity index (χ3n) is 3.92. The monoisotopic (exact) mass is 337 g/mol. The average Bonchev–Trinajstić information content (AvgIpc) is 3.09. The molecule has 0 aliphatic carbocycles. The highest BCUT2D eigenvalue weighted by Crippen LogP contribution is 2.36. The summed E-state index contributed by atoms with van der Waals surface area (Å²) in [5.74, 6) is 0.866. The first-order valence-corrected chi connectivity index (χ1v) is 7.67. The van der Waals surface area contributed by atoms with Gasteiger partial charge in [-0.2, -0.15) is 0 Å². The van der Waals surface area contributed by atoms with Crippen molar-refractivity contribution in [2.75, 3.05) is 19.2 Å². The Hall–Kier alpha value is -3.35. The number of fused-ring (bicyclic) bond motifs is 2. The summed E-state index contributed by atoms with van der Waals surface area (Å²) in [4.78, 5) is 20.8. The van der Waals surface area contributed by atoms with Crippen molar-refractivity contribution in [3.63, 3.8) is 0 Å². The smallest absolute Gasteiger partial charge is 0.341 e. The van der Waals surface area contributed by atoms with Crippen LogP contribution in [0.15, 0.2) is 36.5 Å². The lowest BCUT2D eigenvalue weighted by Gasteiger charge is -2.14. The first-order chi connectivity index (χ1) is 12.2. The Morgan fingerprint density at radius 1 is 1.20 bits per heavy atom. The van der Waals surface area contributed by atoms with Gasteiger partial charge in [0, 0.05) is 29.0 Å². The predicted molar refractivity (Wildman–Crippen MR) is 91.5 cm³/mol. The van der Waals surface area contributed by atoms with E-state index in [1.165, 1.54) is 13.3 Å². The zero-order valence-electron chi connectivity index (χ0n) is 13.7. The number of esters is 1. The van der Waals surface area contributed by atoms with Gasteiger partial charge in [0.2, 0.25) is 6.79 Å². The molecule has 3 aromatic rings. The van der Waals surface area contributed by atoms with Crippen LogP contribution in [0, 0.1) is 6.92 Å². The van der Waals surface area contributed by atoms with Gasteiger partial charge in [-0.1, -0.05) is 0 Å². The van der Waals surface area contributed by atoms with Gasteiger partial charge in [-0.15, -0.1) is 0 Å². The van der Waals surface area contributed by atoms with E-state index in [0.717, 1.165) is 16.8 Å². The predicted octanol–water partition coefficient (Wildman–Crippen LogP) is 3.20. The van der Waals surface area contributed by atoms with Crippen LogP contribution in [-0.2, 0) is 4.74 Å². The summed E-state index contributed by atoms with van der Waals surface area (Å²) in [6.45, 7) is 2.09. The van der Waals surface area contributed by atoms with Gasteiger partial charge in [-0.3, -0.25) is 0 Å². The van der Waals surface area contributed by atoms with Crippen molar-refractivity contribution in [1.29, 1.82) is 0 Å². The maximum atomic E-state index is 12.2. The maximum Gasteiger partial charge on any atom is 0.341 e. The van der Waals surface area contributed by atoms with Gasteiger partial charge in [-0.25, -0.2) is 14.8 Å². The van der Waals surface area contributed by atoms with Gasteiger partial charge in [0.1, 0.15) is 5.56 Å². The van der Waals surface area contributed by atoms with E-state index in [4.69, 9.17) is 14.2 Å². The summed E-state index contributed by atoms with van der Waals surface area (Å²) in [7, 11) is 1.34. The fourth-order valence-corrected chi connectivity index (χ4v) is 2.69. The van der Waals surface area contributed by atoms with Crippen LogP contribution in [0.1, 0.15) is 16.1 Å². The number of ether oxygens (including phenoxy) is 3. The molecule has 1 aliphatic rings. The molecular formula is C18H15N3O4. The Labute approximate surface area is 143 Å². The van der Waals surface area contributed by atoms with E-state index in [9.17, 15) is 4.79 Å². The number of rotatable bonds is 3. The Balaban J connectivity index is 1.84. The summed E-state index contributed by atoms with van der Waals surface area (Å²) in [6.07, 6.45) is 1.47. The summed E-state index contributed by atoms with van der Waals surface area (Å²) in [5.41, 5.74) is 3.07. The second kappa shape index (κ2) is 5.94. The molecule has 126 valence electrons. The van der Waals surface area contributed by atoms with Gasteiger partial charge in [-0.05, 0) is 31.2 Å². The SMILES string of the molecule is COC(=O)c1cnc2nc(C)ccc2c1Nc1ccc2c(c1)OCO2. The highest BCUT2D eigenvalue weighted by atomic mass is 16.7. The fourth-order valence-electron chi connectivity index (χ4n) is 2.69. The molecule has 0 unspecified atom stereocenters. The standard InChI is InChI=1S/C18H15N3O4/c1-10-3-5-12-16(13(18(22)23-2)8-19-17(12)20-10)21-11-4-6-14-15(7-11)25-9-24-14/h3-8H,9H2,1-2H3,(H,19,20,21). The van der Waals surface area contributed by atoms with Gasteiger partial charge >= 0.3 is 5.97 Å². The summed E-state index contributed by atoms with van der Waals surface area (Å²) < 4.78 is 15.6. The number of methoxy groups -OCH3 is 1. The molecule has 7 heteroatoms. The molecule has 0 spiro atoms. The molecular weight excluding hydrogens is 322 g/mol. The summed E-state index contributed by atoms with van der Waals surface area (Å²) in [6, 6.07) is 9.23. The number of pyridine rings is 2. The van der Waals surface area contributed by atoms with Crippen molar-refractivity contribution in [3.8, 4) is 11.5 Å². The van der Waals surface area contributed by atoms with E-state index in [0.29, 0.717) is 28.4 Å². The van der Waals surface area contributed by atoms with Crippen molar-refractivity contribution in [1.82, 2.24) is 9.97 Å². The third-order valence-corrected chi connectivity index (χ3v) is 3.92. The van der Waals surface area contributed by atoms with Gasteiger partial charge < -0.3 is 19.5 Å². The lowest BCUT2D eigenvalue weighted by Crippen LogP contribution is -2.08. The van der Waals surface area contributed by atoms with Gasteiger partial charge in [0.15, 0.2) is 17.1 Å². The number of benzene rings is 1. The Bertz CT molecular complexity index is 987. The molecule has 0 atom stereocenters. The first kappa shape index (κ1) is 15.2. The largest absolute Gasteiger partial charge is 0.465 e. The van der Waals surface area contributed by atoms with E-state index >= 15 is 0 Å². The zero-order valence-corrected chi connectivity index (χ0v) is 13.7. The number of aromatic nitrogens is 2. The van der Waals surface area contributed by atoms with Crippen molar-refractivity contribution in [3.05, 3.63) is 47.8 Å². The number of hydrogen-bond donors (Lipinski definition) is 1. The molecule has 0 bridgehead atoms. The maximum absolute atomic E-state index is 12.2. The van der Waals surface area contributed by atoms with Crippen molar-refractivity contribution in [2.24, 2.45) is 0 Å². The van der Waals surface area contributed by atoms with Crippen molar-refractivity contribution in [2.45, 2.75) is 6.92 Å². The Kier molecular flexibility index (Phi) is 3.61. The Morgan fingerprint density at radius 2 is 2.04 bits per heavy atom. The molecule has 3 heterocycles. The number of carbonyl (C=O) groups excluding carboxylic acids is 1. The van der Waals surface area contributed by atoms with Crippen LogP contribution >= 0.6 is 0 Å². The molecule has 4 rings (SSSR count). The van der Waals surface area contributed by atoms with Crippen LogP contribution in [0.4, 0.5) is 11.4 Å². The highest BCUT2D eigenvalue weighted by Gasteiger charge is 2.19. The minimum absolute atomic E-state index is 0.202. The lowest BCUT2D eigenvalue weighted by molar-refractivity contribution is 0.0601. The molecule has 25 heavy (non-hydrogen) atoms. The number of nitrogens with zero attached hydrogens (tertiary/aromatic N) is 2. The topological polar surface area (TPSA) is 82.6 Å². The van der Waals surface area contributed by atoms with E-state index in [1.807, 2.05) is 37.3 Å². The molecule has 2 aromatic heterocycles. The zero-order chi connectivity index (χ0) is 17.4. The molecule has 0 amide bonds. The lowest BCUT2D eigenvalue weighted by atomic mass is 10.1. The van der Waals surface area contributed by atoms with Gasteiger partial charge in [0.25, 0.3) is 0 Å². The van der Waals surface area contributed by atoms with Crippen molar-refractivity contribution >= 4 is 28.4 Å². The molecule has 7 nitrogen and oxygen atoms in total. The van der Waals surface area contributed by atoms with E-state index in [2.05, 4.69) is 15.3 Å². The molecule has 1 N–H and O–H groups in total. The molecule has 1 aliphatic heterocycles. The number of anilines is 2. The van der Waals surface area contributed by atoms with E-state index < -0.39 is 5.97 Å². The molecule has 0 saturated carbocycles. The quantitative estimate of drug-likeness (QED) is 0.735. The summed E-state index contributed by atoms with van der Waals surface area (Å²) >= 11 is 0. The van der Waals surface area contributed by atoms with Crippen LogP contribution in [0.5, 0.6) is 11.5 Å². The van der Waals surface area contributed by atoms with Crippen LogP contribution in [0.2, 0.25) is 0 Å². The molecule has 0 saturated heterocycles. The number of nitrogens with one attached hydrogen (secondary N) is 1. The molecule has 1 aromatic carbocycles. The third kappa shape index (κ3) is 2.69. The first-order valence-electron chi connectivity index (χ1n) is 7.67. The van der Waals surface area contributed by atoms with Crippen LogP contribution in [0.25, 0.3) is 11.0 Å². The van der Waals surface area contributed by atoms with Crippen LogP contribution in [0.3, 0.4) is 0 Å². The normalized spacial score (nSPS) is 12.2. The fraction of sp³-hybridized carbons (Fsp3) is 0.167. The second-order valence-corrected chi connectivity index (χ2v) is 5.56. The second-order valence-electron chi connectivity index (χ2n) is 5.56. The number of hydrogen-bond acceptors (Lipinski definition) is 7. The summed E-state index contributed by atoms with van der Waals surface area (Å²) in [5, 5.41) is 3.99. The number of carbonyl (C=O) groups is 1. The molecule has 0 fully saturated rings. The van der Waals surface area contributed by atoms with Crippen molar-refractivity contribution < 1.29 is 19.0 Å². The molecule has 0 radical (unpaired) electrons. The Morgan fingerprint density at radius 3 is 2.88 bits per heavy atom. The van der Waals surface area contributed by atoms with E-state index in [1.54, 1.807) is 0 Å². The van der Waals surface area contributed by atoms with Gasteiger partial charge in [0.05, 0.1) is 12.8 Å². The average molecular weight is 337 g/mol.